The maximum absolute atomic E-state index is 12.1. The van der Waals surface area contributed by atoms with E-state index in [0.29, 0.717) is 16.8 Å². The summed E-state index contributed by atoms with van der Waals surface area (Å²) >= 11 is 12.9. The standard InChI is InChI=1S/C29H35Cl2N3O3/c1-32-19-28(35)34(29(32)36)13-14-37-27-12-7-21(15-25(27)31)18-33(17-20-5-3-2-4-6-20)26-11-8-22-16-23(30)9-10-24(22)26/h7,9-10,12,15-16,20,26H,2-6,8,11,13-14,17-19H2,1H3. The predicted octanol–water partition coefficient (Wildman–Crippen LogP) is 6.34. The van der Waals surface area contributed by atoms with Gasteiger partial charge in [-0.3, -0.25) is 14.6 Å². The zero-order valence-electron chi connectivity index (χ0n) is 21.4. The fourth-order valence-electron chi connectivity index (χ4n) is 6.08. The zero-order valence-corrected chi connectivity index (χ0v) is 22.9. The van der Waals surface area contributed by atoms with Crippen LogP contribution in [0.1, 0.15) is 61.3 Å². The molecule has 1 saturated carbocycles. The molecular weight excluding hydrogens is 509 g/mol. The largest absolute Gasteiger partial charge is 0.490 e. The Labute approximate surface area is 229 Å². The molecule has 37 heavy (non-hydrogen) atoms. The number of hydrogen-bond acceptors (Lipinski definition) is 4. The lowest BCUT2D eigenvalue weighted by molar-refractivity contribution is -0.125. The number of hydrogen-bond donors (Lipinski definition) is 0. The molecule has 0 aromatic heterocycles. The topological polar surface area (TPSA) is 53.1 Å². The number of benzene rings is 2. The zero-order chi connectivity index (χ0) is 25.9. The Bertz CT molecular complexity index is 1150. The highest BCUT2D eigenvalue weighted by Crippen LogP contribution is 2.39. The molecule has 8 heteroatoms. The van der Waals surface area contributed by atoms with Gasteiger partial charge in [0, 0.05) is 31.2 Å². The van der Waals surface area contributed by atoms with Gasteiger partial charge in [0.05, 0.1) is 11.6 Å². The van der Waals surface area contributed by atoms with Gasteiger partial charge in [-0.25, -0.2) is 4.79 Å². The third-order valence-corrected chi connectivity index (χ3v) is 8.53. The number of rotatable bonds is 9. The van der Waals surface area contributed by atoms with E-state index in [2.05, 4.69) is 23.1 Å². The molecule has 6 nitrogen and oxygen atoms in total. The predicted molar refractivity (Wildman–Crippen MR) is 146 cm³/mol. The highest BCUT2D eigenvalue weighted by Gasteiger charge is 2.33. The summed E-state index contributed by atoms with van der Waals surface area (Å²) in [7, 11) is 1.62. The monoisotopic (exact) mass is 543 g/mol. The van der Waals surface area contributed by atoms with Crippen LogP contribution in [-0.4, -0.2) is 59.9 Å². The van der Waals surface area contributed by atoms with Gasteiger partial charge in [0.25, 0.3) is 0 Å². The molecule has 2 fully saturated rings. The quantitative estimate of drug-likeness (QED) is 0.346. The van der Waals surface area contributed by atoms with Crippen molar-refractivity contribution in [2.24, 2.45) is 5.92 Å². The van der Waals surface area contributed by atoms with Crippen LogP contribution in [0.4, 0.5) is 4.79 Å². The average molecular weight is 545 g/mol. The van der Waals surface area contributed by atoms with E-state index < -0.39 is 0 Å². The second kappa shape index (κ2) is 11.6. The number of nitrogens with zero attached hydrogens (tertiary/aromatic N) is 3. The summed E-state index contributed by atoms with van der Waals surface area (Å²) < 4.78 is 5.85. The summed E-state index contributed by atoms with van der Waals surface area (Å²) in [6.45, 7) is 2.45. The van der Waals surface area contributed by atoms with Gasteiger partial charge in [-0.15, -0.1) is 0 Å². The van der Waals surface area contributed by atoms with Crippen LogP contribution >= 0.6 is 23.2 Å². The van der Waals surface area contributed by atoms with Crippen molar-refractivity contribution in [3.8, 4) is 5.75 Å². The van der Waals surface area contributed by atoms with Gasteiger partial charge in [0.15, 0.2) is 0 Å². The van der Waals surface area contributed by atoms with E-state index >= 15 is 0 Å². The molecule has 0 N–H and O–H groups in total. The molecule has 3 amide bonds. The highest BCUT2D eigenvalue weighted by atomic mass is 35.5. The van der Waals surface area contributed by atoms with E-state index in [0.717, 1.165) is 42.4 Å². The van der Waals surface area contributed by atoms with Crippen molar-refractivity contribution in [1.82, 2.24) is 14.7 Å². The van der Waals surface area contributed by atoms with Gasteiger partial charge in [-0.1, -0.05) is 54.6 Å². The summed E-state index contributed by atoms with van der Waals surface area (Å²) in [5.41, 5.74) is 3.93. The molecular formula is C29H35Cl2N3O3. The van der Waals surface area contributed by atoms with Crippen LogP contribution in [0.2, 0.25) is 10.0 Å². The number of halogens is 2. The summed E-state index contributed by atoms with van der Waals surface area (Å²) in [6, 6.07) is 12.4. The van der Waals surface area contributed by atoms with Gasteiger partial charge in [-0.2, -0.15) is 0 Å². The van der Waals surface area contributed by atoms with Crippen LogP contribution in [0.5, 0.6) is 5.75 Å². The summed E-state index contributed by atoms with van der Waals surface area (Å²) in [6.07, 6.45) is 8.81. The van der Waals surface area contributed by atoms with Crippen LogP contribution in [0.3, 0.4) is 0 Å². The molecule has 2 aromatic carbocycles. The van der Waals surface area contributed by atoms with E-state index in [-0.39, 0.29) is 31.6 Å². The van der Waals surface area contributed by atoms with Crippen LogP contribution in [0, 0.1) is 5.92 Å². The Morgan fingerprint density at radius 3 is 2.57 bits per heavy atom. The van der Waals surface area contributed by atoms with Gasteiger partial charge >= 0.3 is 6.03 Å². The summed E-state index contributed by atoms with van der Waals surface area (Å²) in [5.74, 6) is 1.10. The van der Waals surface area contributed by atoms with Gasteiger partial charge in [0.1, 0.15) is 18.9 Å². The normalized spacial score (nSPS) is 20.3. The smallest absolute Gasteiger partial charge is 0.327 e. The Kier molecular flexibility index (Phi) is 8.28. The van der Waals surface area contributed by atoms with Crippen LogP contribution in [0.25, 0.3) is 0 Å². The minimum atomic E-state index is -0.288. The van der Waals surface area contributed by atoms with Gasteiger partial charge < -0.3 is 9.64 Å². The highest BCUT2D eigenvalue weighted by molar-refractivity contribution is 6.32. The Hall–Kier alpha value is -2.28. The molecule has 1 unspecified atom stereocenters. The lowest BCUT2D eigenvalue weighted by Crippen LogP contribution is -2.35. The molecule has 1 saturated heterocycles. The van der Waals surface area contributed by atoms with Crippen molar-refractivity contribution in [3.05, 3.63) is 63.1 Å². The van der Waals surface area contributed by atoms with Crippen molar-refractivity contribution in [2.75, 3.05) is 33.3 Å². The van der Waals surface area contributed by atoms with Crippen LogP contribution < -0.4 is 4.74 Å². The van der Waals surface area contributed by atoms with E-state index in [1.807, 2.05) is 18.2 Å². The first kappa shape index (κ1) is 26.3. The minimum absolute atomic E-state index is 0.115. The minimum Gasteiger partial charge on any atom is -0.490 e. The molecule has 5 rings (SSSR count). The molecule has 198 valence electrons. The number of ether oxygens (including phenoxy) is 1. The molecule has 0 spiro atoms. The Morgan fingerprint density at radius 1 is 1.03 bits per heavy atom. The van der Waals surface area contributed by atoms with Crippen LogP contribution in [-0.2, 0) is 17.8 Å². The molecule has 1 aliphatic heterocycles. The number of aryl methyl sites for hydroxylation is 1. The Morgan fingerprint density at radius 2 is 1.84 bits per heavy atom. The first-order chi connectivity index (χ1) is 17.9. The Balaban J connectivity index is 1.26. The molecule has 1 atom stereocenters. The van der Waals surface area contributed by atoms with E-state index in [4.69, 9.17) is 27.9 Å². The van der Waals surface area contributed by atoms with Gasteiger partial charge in [0.2, 0.25) is 5.91 Å². The van der Waals surface area contributed by atoms with Crippen molar-refractivity contribution >= 4 is 35.1 Å². The number of imide groups is 1. The number of fused-ring (bicyclic) bond motifs is 1. The number of amides is 3. The van der Waals surface area contributed by atoms with Crippen molar-refractivity contribution in [2.45, 2.75) is 57.5 Å². The second-order valence-electron chi connectivity index (χ2n) is 10.6. The van der Waals surface area contributed by atoms with Gasteiger partial charge in [-0.05, 0) is 72.6 Å². The molecule has 1 heterocycles. The van der Waals surface area contributed by atoms with E-state index in [9.17, 15) is 9.59 Å². The number of urea groups is 1. The molecule has 0 radical (unpaired) electrons. The van der Waals surface area contributed by atoms with Crippen molar-refractivity contribution in [1.29, 1.82) is 0 Å². The number of carbonyl (C=O) groups excluding carboxylic acids is 2. The summed E-state index contributed by atoms with van der Waals surface area (Å²) in [4.78, 5) is 29.3. The fourth-order valence-corrected chi connectivity index (χ4v) is 6.53. The second-order valence-corrected chi connectivity index (χ2v) is 11.5. The van der Waals surface area contributed by atoms with Crippen molar-refractivity contribution < 1.29 is 14.3 Å². The first-order valence-electron chi connectivity index (χ1n) is 13.4. The maximum atomic E-state index is 12.1. The van der Waals surface area contributed by atoms with E-state index in [1.165, 1.54) is 53.0 Å². The third kappa shape index (κ3) is 6.08. The summed E-state index contributed by atoms with van der Waals surface area (Å²) in [5, 5.41) is 1.36. The maximum Gasteiger partial charge on any atom is 0.327 e. The number of carbonyl (C=O) groups is 2. The average Bonchev–Trinajstić information content (AvgIpc) is 3.40. The van der Waals surface area contributed by atoms with E-state index in [1.54, 1.807) is 7.05 Å². The lowest BCUT2D eigenvalue weighted by atomic mass is 9.88. The van der Waals surface area contributed by atoms with Crippen molar-refractivity contribution in [3.63, 3.8) is 0 Å². The molecule has 2 aliphatic carbocycles. The third-order valence-electron chi connectivity index (χ3n) is 7.99. The van der Waals surface area contributed by atoms with Crippen LogP contribution in [0.15, 0.2) is 36.4 Å². The fraction of sp³-hybridized carbons (Fsp3) is 0.517. The molecule has 0 bridgehead atoms. The molecule has 2 aromatic rings. The lowest BCUT2D eigenvalue weighted by Gasteiger charge is -2.34. The number of likely N-dealkylation sites (N-methyl/N-ethyl adjacent to an activating group) is 1. The SMILES string of the molecule is CN1CC(=O)N(CCOc2ccc(CN(CC3CCCCC3)C3CCc4cc(Cl)ccc43)cc2Cl)C1=O. The molecule has 3 aliphatic rings. The first-order valence-corrected chi connectivity index (χ1v) is 14.1.